The summed E-state index contributed by atoms with van der Waals surface area (Å²) >= 11 is 0. The Bertz CT molecular complexity index is 398. The van der Waals surface area contributed by atoms with Crippen molar-refractivity contribution in [1.29, 1.82) is 0 Å². The summed E-state index contributed by atoms with van der Waals surface area (Å²) in [7, 11) is 0. The molecule has 146 valence electrons. The quantitative estimate of drug-likeness (QED) is 0.436. The van der Waals surface area contributed by atoms with Crippen molar-refractivity contribution in [3.63, 3.8) is 0 Å². The van der Waals surface area contributed by atoms with E-state index in [-0.39, 0.29) is 36.3 Å². The normalized spacial score (nSPS) is 9.44. The molecule has 25 heavy (non-hydrogen) atoms. The van der Waals surface area contributed by atoms with Gasteiger partial charge in [-0.05, 0) is 19.8 Å². The van der Waals surface area contributed by atoms with Gasteiger partial charge in [-0.3, -0.25) is 19.2 Å². The van der Waals surface area contributed by atoms with Crippen LogP contribution < -0.4 is 16.0 Å². The fraction of sp³-hybridized carbons (Fsp3) is 0.778. The van der Waals surface area contributed by atoms with Crippen LogP contribution >= 0.6 is 0 Å². The lowest BCUT2D eigenvalue weighted by atomic mass is 10.2. The van der Waals surface area contributed by atoms with Gasteiger partial charge in [0.25, 0.3) is 0 Å². The van der Waals surface area contributed by atoms with Crippen LogP contribution in [-0.2, 0) is 19.2 Å². The van der Waals surface area contributed by atoms with E-state index in [9.17, 15) is 19.2 Å². The molecule has 0 aromatic heterocycles. The summed E-state index contributed by atoms with van der Waals surface area (Å²) in [6, 6.07) is 0. The van der Waals surface area contributed by atoms with Crippen LogP contribution in [0.5, 0.6) is 0 Å². The topological polar surface area (TPSA) is 104 Å². The highest BCUT2D eigenvalue weighted by molar-refractivity contribution is 5.84. The molecule has 0 unspecified atom stereocenters. The summed E-state index contributed by atoms with van der Waals surface area (Å²) < 4.78 is 0. The van der Waals surface area contributed by atoms with Crippen LogP contribution in [0.3, 0.4) is 0 Å². The van der Waals surface area contributed by atoms with Crippen LogP contribution in [0.2, 0.25) is 0 Å². The maximum Gasteiger partial charge on any atom is 0.220 e. The predicted molar refractivity (Wildman–Crippen MR) is 99.1 cm³/mol. The average Bonchev–Trinajstić information content (AvgIpc) is 2.62. The van der Waals surface area contributed by atoms with Gasteiger partial charge in [0.1, 0.15) is 5.78 Å². The van der Waals surface area contributed by atoms with Gasteiger partial charge in [-0.1, -0.05) is 20.8 Å². The second-order valence-corrected chi connectivity index (χ2v) is 5.25. The van der Waals surface area contributed by atoms with E-state index in [4.69, 9.17) is 0 Å². The Hall–Kier alpha value is -1.92. The monoisotopic (exact) mass is 357 g/mol. The molecule has 0 aliphatic heterocycles. The van der Waals surface area contributed by atoms with Crippen LogP contribution in [0.15, 0.2) is 0 Å². The number of carbonyl (C=O) groups excluding carboxylic acids is 4. The van der Waals surface area contributed by atoms with Crippen molar-refractivity contribution in [2.24, 2.45) is 0 Å². The second kappa shape index (κ2) is 18.4. The minimum atomic E-state index is -0.158. The molecule has 0 aromatic rings. The van der Waals surface area contributed by atoms with E-state index in [1.165, 1.54) is 0 Å². The lowest BCUT2D eigenvalue weighted by Crippen LogP contribution is -2.29. The minimum Gasteiger partial charge on any atom is -0.356 e. The molecule has 0 aliphatic rings. The zero-order valence-electron chi connectivity index (χ0n) is 16.2. The van der Waals surface area contributed by atoms with E-state index >= 15 is 0 Å². The highest BCUT2D eigenvalue weighted by atomic mass is 16.2. The van der Waals surface area contributed by atoms with Gasteiger partial charge in [-0.15, -0.1) is 0 Å². The highest BCUT2D eigenvalue weighted by Crippen LogP contribution is 1.95. The van der Waals surface area contributed by atoms with Crippen molar-refractivity contribution < 1.29 is 19.2 Å². The fourth-order valence-electron chi connectivity index (χ4n) is 1.85. The van der Waals surface area contributed by atoms with Crippen LogP contribution in [0.4, 0.5) is 0 Å². The number of hydrogen-bond donors (Lipinski definition) is 3. The smallest absolute Gasteiger partial charge is 0.220 e. The van der Waals surface area contributed by atoms with E-state index in [0.717, 1.165) is 0 Å². The highest BCUT2D eigenvalue weighted by Gasteiger charge is 2.06. The molecule has 0 saturated carbocycles. The maximum absolute atomic E-state index is 11.5. The number of hydrogen-bond acceptors (Lipinski definition) is 4. The Balaban J connectivity index is 0. The third-order valence-electron chi connectivity index (χ3n) is 3.20. The molecule has 7 nitrogen and oxygen atoms in total. The molecule has 0 heterocycles. The molecule has 0 saturated heterocycles. The first-order chi connectivity index (χ1) is 12.0. The van der Waals surface area contributed by atoms with Crippen molar-refractivity contribution in [2.75, 3.05) is 19.6 Å². The molecule has 0 fully saturated rings. The Morgan fingerprint density at radius 2 is 1.08 bits per heavy atom. The molecule has 3 N–H and O–H groups in total. The SMILES string of the molecule is CC.CCNC(=O)CCCNC(=O)CCCNC(=O)CCC(=O)CC. The maximum atomic E-state index is 11.5. The molecule has 3 amide bonds. The van der Waals surface area contributed by atoms with E-state index < -0.39 is 0 Å². The van der Waals surface area contributed by atoms with Gasteiger partial charge in [0.15, 0.2) is 0 Å². The number of Topliss-reactive ketones (excluding diaryl/α,β-unsaturated/α-hetero) is 1. The van der Waals surface area contributed by atoms with Crippen LogP contribution in [-0.4, -0.2) is 43.1 Å². The molecule has 0 radical (unpaired) electrons. The van der Waals surface area contributed by atoms with Gasteiger partial charge in [0.2, 0.25) is 17.7 Å². The average molecular weight is 357 g/mol. The van der Waals surface area contributed by atoms with E-state index in [1.807, 2.05) is 20.8 Å². The number of nitrogens with one attached hydrogen (secondary N) is 3. The van der Waals surface area contributed by atoms with E-state index in [2.05, 4.69) is 16.0 Å². The summed E-state index contributed by atoms with van der Waals surface area (Å²) in [4.78, 5) is 45.3. The number of amides is 3. The summed E-state index contributed by atoms with van der Waals surface area (Å²) in [6.07, 6.45) is 2.83. The molecule has 0 spiro atoms. The zero-order chi connectivity index (χ0) is 19.5. The first-order valence-electron chi connectivity index (χ1n) is 9.31. The minimum absolute atomic E-state index is 0.00832. The van der Waals surface area contributed by atoms with Crippen molar-refractivity contribution >= 4 is 23.5 Å². The standard InChI is InChI=1S/C16H29N3O4.C2H6/c1-3-13(20)9-10-16(23)19-12-6-8-15(22)18-11-5-7-14(21)17-4-2;1-2/h3-12H2,1-2H3,(H,17,21)(H,18,22)(H,19,23);1-2H3. The van der Waals surface area contributed by atoms with Gasteiger partial charge in [-0.2, -0.15) is 0 Å². The van der Waals surface area contributed by atoms with Crippen LogP contribution in [0, 0.1) is 0 Å². The Morgan fingerprint density at radius 3 is 1.52 bits per heavy atom. The first kappa shape index (κ1) is 25.3. The van der Waals surface area contributed by atoms with Crippen LogP contribution in [0.1, 0.15) is 72.6 Å². The van der Waals surface area contributed by atoms with Gasteiger partial charge in [0, 0.05) is 51.7 Å². The summed E-state index contributed by atoms with van der Waals surface area (Å²) in [5.41, 5.74) is 0. The molecule has 0 bridgehead atoms. The van der Waals surface area contributed by atoms with Crippen molar-refractivity contribution in [3.8, 4) is 0 Å². The van der Waals surface area contributed by atoms with Gasteiger partial charge < -0.3 is 16.0 Å². The van der Waals surface area contributed by atoms with Crippen molar-refractivity contribution in [1.82, 2.24) is 16.0 Å². The Morgan fingerprint density at radius 1 is 0.640 bits per heavy atom. The molecule has 0 aromatic carbocycles. The van der Waals surface area contributed by atoms with Crippen LogP contribution in [0.25, 0.3) is 0 Å². The largest absolute Gasteiger partial charge is 0.356 e. The molecule has 7 heteroatoms. The van der Waals surface area contributed by atoms with Crippen molar-refractivity contribution in [2.45, 2.75) is 72.6 Å². The molecular formula is C18H35N3O4. The zero-order valence-corrected chi connectivity index (χ0v) is 16.2. The summed E-state index contributed by atoms with van der Waals surface area (Å²) in [5, 5.41) is 8.12. The molecular weight excluding hydrogens is 322 g/mol. The predicted octanol–water partition coefficient (Wildman–Crippen LogP) is 1.70. The third kappa shape index (κ3) is 18.3. The van der Waals surface area contributed by atoms with E-state index in [0.29, 0.717) is 51.7 Å². The summed E-state index contributed by atoms with van der Waals surface area (Å²) in [5.74, 6) is -0.177. The lowest BCUT2D eigenvalue weighted by Gasteiger charge is -2.06. The number of ketones is 1. The Kier molecular flexibility index (Phi) is 18.7. The summed E-state index contributed by atoms with van der Waals surface area (Å²) in [6.45, 7) is 9.14. The van der Waals surface area contributed by atoms with Crippen molar-refractivity contribution in [3.05, 3.63) is 0 Å². The molecule has 0 atom stereocenters. The van der Waals surface area contributed by atoms with E-state index in [1.54, 1.807) is 6.92 Å². The third-order valence-corrected chi connectivity index (χ3v) is 3.20. The number of rotatable bonds is 13. The Labute approximate surface area is 151 Å². The first-order valence-corrected chi connectivity index (χ1v) is 9.31. The second-order valence-electron chi connectivity index (χ2n) is 5.25. The lowest BCUT2D eigenvalue weighted by molar-refractivity contribution is -0.125. The van der Waals surface area contributed by atoms with Gasteiger partial charge in [0.05, 0.1) is 0 Å². The number of carbonyl (C=O) groups is 4. The van der Waals surface area contributed by atoms with Gasteiger partial charge in [-0.25, -0.2) is 0 Å². The van der Waals surface area contributed by atoms with Gasteiger partial charge >= 0.3 is 0 Å². The fourth-order valence-corrected chi connectivity index (χ4v) is 1.85. The molecule has 0 aliphatic carbocycles. The molecule has 0 rings (SSSR count).